The standard InChI is InChI=1S/C15H29N2O4P/c1-12(2)17(13(3)4)22(20-9-6-8-16)21-14-7-10-19-15(14)11-18-5/h12-15H,6-7,9-11H2,1-5H3/t14?,15-,22?/m1/s1. The second-order valence-electron chi connectivity index (χ2n) is 5.84. The van der Waals surface area contributed by atoms with Gasteiger partial charge in [0.25, 0.3) is 8.53 Å². The van der Waals surface area contributed by atoms with E-state index in [4.69, 9.17) is 23.8 Å². The lowest BCUT2D eigenvalue weighted by molar-refractivity contribution is -0.00716. The molecule has 1 fully saturated rings. The van der Waals surface area contributed by atoms with E-state index >= 15 is 0 Å². The Labute approximate surface area is 135 Å². The van der Waals surface area contributed by atoms with E-state index in [2.05, 4.69) is 38.4 Å². The van der Waals surface area contributed by atoms with E-state index in [1.807, 2.05) is 0 Å². The lowest BCUT2D eigenvalue weighted by Gasteiger charge is -2.37. The molecule has 3 atom stereocenters. The highest BCUT2D eigenvalue weighted by Crippen LogP contribution is 2.48. The van der Waals surface area contributed by atoms with Gasteiger partial charge in [-0.05, 0) is 27.7 Å². The maximum absolute atomic E-state index is 8.72. The van der Waals surface area contributed by atoms with Gasteiger partial charge in [-0.3, -0.25) is 0 Å². The molecule has 1 saturated heterocycles. The summed E-state index contributed by atoms with van der Waals surface area (Å²) in [6.45, 7) is 10.1. The Hall–Kier alpha value is -0.280. The summed E-state index contributed by atoms with van der Waals surface area (Å²) in [7, 11) is 0.450. The highest BCUT2D eigenvalue weighted by molar-refractivity contribution is 7.44. The van der Waals surface area contributed by atoms with Gasteiger partial charge in [0.1, 0.15) is 6.10 Å². The van der Waals surface area contributed by atoms with Gasteiger partial charge in [-0.1, -0.05) is 0 Å². The summed E-state index contributed by atoms with van der Waals surface area (Å²) in [5, 5.41) is 8.72. The van der Waals surface area contributed by atoms with Gasteiger partial charge >= 0.3 is 0 Å². The molecule has 1 heterocycles. The second kappa shape index (κ2) is 10.5. The first-order valence-electron chi connectivity index (χ1n) is 7.86. The number of methoxy groups -OCH3 is 1. The van der Waals surface area contributed by atoms with Crippen molar-refractivity contribution in [2.75, 3.05) is 26.9 Å². The number of nitriles is 1. The van der Waals surface area contributed by atoms with Crippen LogP contribution >= 0.6 is 8.53 Å². The lowest BCUT2D eigenvalue weighted by Crippen LogP contribution is -2.36. The summed E-state index contributed by atoms with van der Waals surface area (Å²) < 4.78 is 25.3. The normalized spacial score (nSPS) is 23.4. The van der Waals surface area contributed by atoms with Gasteiger partial charge in [-0.2, -0.15) is 5.26 Å². The molecule has 1 aliphatic heterocycles. The van der Waals surface area contributed by atoms with Crippen molar-refractivity contribution in [1.29, 1.82) is 5.26 Å². The first kappa shape index (κ1) is 19.8. The topological polar surface area (TPSA) is 64.0 Å². The Bertz CT molecular complexity index is 341. The van der Waals surface area contributed by atoms with Crippen molar-refractivity contribution in [1.82, 2.24) is 4.67 Å². The molecule has 7 heteroatoms. The van der Waals surface area contributed by atoms with Crippen LogP contribution in [-0.2, 0) is 18.5 Å². The molecule has 1 rings (SSSR count). The van der Waals surface area contributed by atoms with Crippen LogP contribution in [0.1, 0.15) is 40.5 Å². The fraction of sp³-hybridized carbons (Fsp3) is 0.933. The highest BCUT2D eigenvalue weighted by atomic mass is 31.2. The van der Waals surface area contributed by atoms with Crippen molar-refractivity contribution < 1.29 is 18.5 Å². The van der Waals surface area contributed by atoms with Gasteiger partial charge in [0.15, 0.2) is 0 Å². The van der Waals surface area contributed by atoms with Crippen LogP contribution in [0.3, 0.4) is 0 Å². The molecule has 0 aromatic rings. The van der Waals surface area contributed by atoms with E-state index in [0.717, 1.165) is 6.42 Å². The lowest BCUT2D eigenvalue weighted by atomic mass is 10.2. The van der Waals surface area contributed by atoms with Crippen molar-refractivity contribution in [2.24, 2.45) is 0 Å². The summed E-state index contributed by atoms with van der Waals surface area (Å²) in [6, 6.07) is 2.71. The molecule has 0 N–H and O–H groups in total. The Morgan fingerprint density at radius 2 is 2.00 bits per heavy atom. The summed E-state index contributed by atoms with van der Waals surface area (Å²) >= 11 is 0. The van der Waals surface area contributed by atoms with E-state index in [1.54, 1.807) is 7.11 Å². The third-order valence-electron chi connectivity index (χ3n) is 3.37. The van der Waals surface area contributed by atoms with Crippen LogP contribution in [0.15, 0.2) is 0 Å². The molecule has 0 bridgehead atoms. The zero-order chi connectivity index (χ0) is 16.5. The molecule has 0 radical (unpaired) electrons. The molecule has 1 aliphatic rings. The molecule has 6 nitrogen and oxygen atoms in total. The average molecular weight is 332 g/mol. The summed E-state index contributed by atoms with van der Waals surface area (Å²) in [4.78, 5) is 0. The van der Waals surface area contributed by atoms with E-state index < -0.39 is 8.53 Å². The molecule has 0 aromatic carbocycles. The smallest absolute Gasteiger partial charge is 0.259 e. The van der Waals surface area contributed by atoms with Crippen molar-refractivity contribution in [2.45, 2.75) is 64.8 Å². The van der Waals surface area contributed by atoms with Crippen LogP contribution in [0.2, 0.25) is 0 Å². The Balaban J connectivity index is 2.73. The highest BCUT2D eigenvalue weighted by Gasteiger charge is 2.36. The largest absolute Gasteiger partial charge is 0.382 e. The minimum Gasteiger partial charge on any atom is -0.382 e. The molecule has 0 amide bonds. The summed E-state index contributed by atoms with van der Waals surface area (Å²) in [6.07, 6.45) is 1.15. The van der Waals surface area contributed by atoms with Crippen LogP contribution in [0, 0.1) is 11.3 Å². The monoisotopic (exact) mass is 332 g/mol. The SMILES string of the molecule is COC[C@H]1OCCC1OP(OCCC#N)N(C(C)C)C(C)C. The number of ether oxygens (including phenoxy) is 2. The minimum absolute atomic E-state index is 0.0202. The fourth-order valence-corrected chi connectivity index (χ4v) is 4.26. The van der Waals surface area contributed by atoms with Gasteiger partial charge in [-0.15, -0.1) is 0 Å². The zero-order valence-corrected chi connectivity index (χ0v) is 15.2. The Kier molecular flexibility index (Phi) is 9.42. The van der Waals surface area contributed by atoms with Crippen LogP contribution in [0.5, 0.6) is 0 Å². The van der Waals surface area contributed by atoms with E-state index in [0.29, 0.717) is 38.3 Å². The number of nitrogens with zero attached hydrogens (tertiary/aromatic N) is 2. The van der Waals surface area contributed by atoms with Gasteiger partial charge in [0, 0.05) is 32.2 Å². The quantitative estimate of drug-likeness (QED) is 0.452. The van der Waals surface area contributed by atoms with Gasteiger partial charge in [0.05, 0.1) is 31.8 Å². The van der Waals surface area contributed by atoms with E-state index in [9.17, 15) is 0 Å². The van der Waals surface area contributed by atoms with Crippen LogP contribution in [0.25, 0.3) is 0 Å². The fourth-order valence-electron chi connectivity index (χ4n) is 2.48. The zero-order valence-electron chi connectivity index (χ0n) is 14.3. The molecular formula is C15H29N2O4P. The Morgan fingerprint density at radius 3 is 2.55 bits per heavy atom. The molecule has 0 spiro atoms. The number of rotatable bonds is 10. The first-order valence-corrected chi connectivity index (χ1v) is 8.99. The van der Waals surface area contributed by atoms with Gasteiger partial charge in [0.2, 0.25) is 0 Å². The first-order chi connectivity index (χ1) is 10.5. The molecule has 0 saturated carbocycles. The predicted octanol–water partition coefficient (Wildman–Crippen LogP) is 3.08. The Morgan fingerprint density at radius 1 is 1.32 bits per heavy atom. The molecule has 0 aliphatic carbocycles. The van der Waals surface area contributed by atoms with Crippen molar-refractivity contribution in [3.8, 4) is 6.07 Å². The van der Waals surface area contributed by atoms with Gasteiger partial charge < -0.3 is 18.5 Å². The van der Waals surface area contributed by atoms with Gasteiger partial charge in [-0.25, -0.2) is 4.67 Å². The minimum atomic E-state index is -1.22. The average Bonchev–Trinajstić information content (AvgIpc) is 2.86. The predicted molar refractivity (Wildman–Crippen MR) is 86.3 cm³/mol. The van der Waals surface area contributed by atoms with Crippen molar-refractivity contribution in [3.05, 3.63) is 0 Å². The maximum Gasteiger partial charge on any atom is 0.259 e. The van der Waals surface area contributed by atoms with E-state index in [1.165, 1.54) is 0 Å². The van der Waals surface area contributed by atoms with Crippen LogP contribution < -0.4 is 0 Å². The molecule has 0 aromatic heterocycles. The van der Waals surface area contributed by atoms with Crippen molar-refractivity contribution in [3.63, 3.8) is 0 Å². The molecule has 2 unspecified atom stereocenters. The second-order valence-corrected chi connectivity index (χ2v) is 7.25. The maximum atomic E-state index is 8.72. The molecular weight excluding hydrogens is 303 g/mol. The van der Waals surface area contributed by atoms with Crippen molar-refractivity contribution >= 4 is 8.53 Å². The summed E-state index contributed by atoms with van der Waals surface area (Å²) in [5.41, 5.74) is 0. The van der Waals surface area contributed by atoms with E-state index in [-0.39, 0.29) is 12.2 Å². The third kappa shape index (κ3) is 6.08. The molecule has 128 valence electrons. The molecule has 22 heavy (non-hydrogen) atoms. The van der Waals surface area contributed by atoms with Crippen LogP contribution in [-0.4, -0.2) is 55.9 Å². The number of hydrogen-bond donors (Lipinski definition) is 0. The third-order valence-corrected chi connectivity index (χ3v) is 5.52. The summed E-state index contributed by atoms with van der Waals surface area (Å²) in [5.74, 6) is 0. The number of hydrogen-bond acceptors (Lipinski definition) is 6. The van der Waals surface area contributed by atoms with Crippen LogP contribution in [0.4, 0.5) is 0 Å².